The van der Waals surface area contributed by atoms with Crippen LogP contribution in [0, 0.1) is 6.92 Å². The Morgan fingerprint density at radius 1 is 1.25 bits per heavy atom. The lowest BCUT2D eigenvalue weighted by atomic mass is 9.97. The minimum Gasteiger partial charge on any atom is -0.358 e. The second-order valence-corrected chi connectivity index (χ2v) is 8.82. The third-order valence-electron chi connectivity index (χ3n) is 6.77. The lowest BCUT2D eigenvalue weighted by molar-refractivity contribution is -0.117. The second kappa shape index (κ2) is 8.39. The fraction of sp³-hybridized carbons (Fsp3) is 0.400. The van der Waals surface area contributed by atoms with Gasteiger partial charge >= 0.3 is 0 Å². The SMILES string of the molecule is CNC(=O)c1ccc(C2=CCN(Cc3ccc4c(c3)NC(=O)[C@@H]3CCCN43)CC2)c(C)n1. The number of nitrogens with one attached hydrogen (secondary N) is 2. The van der Waals surface area contributed by atoms with E-state index in [1.165, 1.54) is 11.1 Å². The highest BCUT2D eigenvalue weighted by molar-refractivity contribution is 6.04. The largest absolute Gasteiger partial charge is 0.358 e. The van der Waals surface area contributed by atoms with Crippen LogP contribution in [0.1, 0.15) is 46.6 Å². The molecule has 2 aromatic rings. The number of anilines is 2. The zero-order chi connectivity index (χ0) is 22.2. The van der Waals surface area contributed by atoms with Gasteiger partial charge in [-0.3, -0.25) is 14.5 Å². The van der Waals surface area contributed by atoms with E-state index < -0.39 is 0 Å². The topological polar surface area (TPSA) is 77.6 Å². The van der Waals surface area contributed by atoms with Crippen LogP contribution in [-0.2, 0) is 11.3 Å². The molecule has 3 aliphatic heterocycles. The van der Waals surface area contributed by atoms with Crippen molar-refractivity contribution in [3.63, 3.8) is 0 Å². The highest BCUT2D eigenvalue weighted by atomic mass is 16.2. The third kappa shape index (κ3) is 3.77. The van der Waals surface area contributed by atoms with Crippen LogP contribution in [0.5, 0.6) is 0 Å². The highest BCUT2D eigenvalue weighted by Crippen LogP contribution is 2.37. The van der Waals surface area contributed by atoms with Gasteiger partial charge in [-0.15, -0.1) is 0 Å². The van der Waals surface area contributed by atoms with Crippen molar-refractivity contribution in [1.82, 2.24) is 15.2 Å². The molecule has 4 heterocycles. The van der Waals surface area contributed by atoms with Crippen molar-refractivity contribution >= 4 is 28.8 Å². The van der Waals surface area contributed by atoms with E-state index in [2.05, 4.69) is 49.7 Å². The number of pyridine rings is 1. The molecule has 0 spiro atoms. The van der Waals surface area contributed by atoms with Crippen LogP contribution in [0.3, 0.4) is 0 Å². The number of rotatable bonds is 4. The lowest BCUT2D eigenvalue weighted by Crippen LogP contribution is -2.43. The first kappa shape index (κ1) is 20.7. The molecule has 166 valence electrons. The molecule has 1 fully saturated rings. The molecule has 2 N–H and O–H groups in total. The van der Waals surface area contributed by atoms with E-state index in [-0.39, 0.29) is 17.9 Å². The van der Waals surface area contributed by atoms with Crippen molar-refractivity contribution in [2.45, 2.75) is 38.8 Å². The Kier molecular flexibility index (Phi) is 5.43. The second-order valence-electron chi connectivity index (χ2n) is 8.82. The van der Waals surface area contributed by atoms with Gasteiger partial charge in [0.1, 0.15) is 11.7 Å². The first-order valence-electron chi connectivity index (χ1n) is 11.4. The van der Waals surface area contributed by atoms with E-state index in [1.54, 1.807) is 13.1 Å². The number of hydrogen-bond donors (Lipinski definition) is 2. The Hall–Kier alpha value is -3.19. The molecule has 0 unspecified atom stereocenters. The molecule has 5 rings (SSSR count). The fourth-order valence-electron chi connectivity index (χ4n) is 5.09. The fourth-order valence-corrected chi connectivity index (χ4v) is 5.09. The molecule has 2 amide bonds. The Labute approximate surface area is 188 Å². The molecular weight excluding hydrogens is 402 g/mol. The zero-order valence-corrected chi connectivity index (χ0v) is 18.6. The van der Waals surface area contributed by atoms with Crippen LogP contribution in [0.25, 0.3) is 5.57 Å². The summed E-state index contributed by atoms with van der Waals surface area (Å²) in [6.07, 6.45) is 5.23. The molecule has 7 nitrogen and oxygen atoms in total. The number of aryl methyl sites for hydroxylation is 1. The molecule has 32 heavy (non-hydrogen) atoms. The summed E-state index contributed by atoms with van der Waals surface area (Å²) >= 11 is 0. The van der Waals surface area contributed by atoms with Gasteiger partial charge in [0.25, 0.3) is 5.91 Å². The van der Waals surface area contributed by atoms with Crippen molar-refractivity contribution in [2.24, 2.45) is 0 Å². The molecule has 0 radical (unpaired) electrons. The Morgan fingerprint density at radius 2 is 2.12 bits per heavy atom. The summed E-state index contributed by atoms with van der Waals surface area (Å²) in [7, 11) is 1.62. The Balaban J connectivity index is 1.27. The van der Waals surface area contributed by atoms with E-state index >= 15 is 0 Å². The number of benzene rings is 1. The number of hydrogen-bond acceptors (Lipinski definition) is 5. The molecule has 1 saturated heterocycles. The van der Waals surface area contributed by atoms with Gasteiger partial charge in [-0.2, -0.15) is 0 Å². The predicted molar refractivity (Wildman–Crippen MR) is 126 cm³/mol. The summed E-state index contributed by atoms with van der Waals surface area (Å²) in [5, 5.41) is 5.73. The number of nitrogens with zero attached hydrogens (tertiary/aromatic N) is 3. The number of amides is 2. The number of aromatic nitrogens is 1. The van der Waals surface area contributed by atoms with Crippen molar-refractivity contribution in [3.05, 3.63) is 58.9 Å². The zero-order valence-electron chi connectivity index (χ0n) is 18.6. The molecule has 1 aromatic heterocycles. The van der Waals surface area contributed by atoms with E-state index in [0.717, 1.165) is 68.1 Å². The minimum absolute atomic E-state index is 0.00220. The van der Waals surface area contributed by atoms with Crippen molar-refractivity contribution in [2.75, 3.05) is 36.9 Å². The number of fused-ring (bicyclic) bond motifs is 3. The molecule has 7 heteroatoms. The first-order valence-corrected chi connectivity index (χ1v) is 11.4. The molecule has 0 saturated carbocycles. The van der Waals surface area contributed by atoms with Gasteiger partial charge in [-0.1, -0.05) is 18.2 Å². The molecule has 3 aliphatic rings. The number of carbonyl (C=O) groups is 2. The summed E-state index contributed by atoms with van der Waals surface area (Å²) in [6.45, 7) is 5.59. The lowest BCUT2D eigenvalue weighted by Gasteiger charge is -2.33. The molecule has 0 aliphatic carbocycles. The average Bonchev–Trinajstić information content (AvgIpc) is 3.30. The van der Waals surface area contributed by atoms with Crippen molar-refractivity contribution < 1.29 is 9.59 Å². The Bertz CT molecular complexity index is 1110. The molecule has 1 atom stereocenters. The molecule has 0 bridgehead atoms. The smallest absolute Gasteiger partial charge is 0.269 e. The number of carbonyl (C=O) groups excluding carboxylic acids is 2. The van der Waals surface area contributed by atoms with E-state index in [4.69, 9.17) is 0 Å². The van der Waals surface area contributed by atoms with Crippen molar-refractivity contribution in [1.29, 1.82) is 0 Å². The van der Waals surface area contributed by atoms with Crippen LogP contribution in [0.4, 0.5) is 11.4 Å². The predicted octanol–water partition coefficient (Wildman–Crippen LogP) is 2.96. The van der Waals surface area contributed by atoms with E-state index in [1.807, 2.05) is 13.0 Å². The van der Waals surface area contributed by atoms with Crippen LogP contribution in [0.15, 0.2) is 36.4 Å². The summed E-state index contributed by atoms with van der Waals surface area (Å²) in [5.74, 6) is -0.0333. The van der Waals surface area contributed by atoms with E-state index in [9.17, 15) is 9.59 Å². The average molecular weight is 432 g/mol. The third-order valence-corrected chi connectivity index (χ3v) is 6.77. The van der Waals surface area contributed by atoms with Gasteiger partial charge in [-0.05, 0) is 61.1 Å². The maximum atomic E-state index is 12.4. The molecular formula is C25H29N5O2. The summed E-state index contributed by atoms with van der Waals surface area (Å²) in [5.41, 5.74) is 7.05. The van der Waals surface area contributed by atoms with Gasteiger partial charge in [0, 0.05) is 38.9 Å². The van der Waals surface area contributed by atoms with Crippen molar-refractivity contribution in [3.8, 4) is 0 Å². The standard InChI is InChI=1S/C25H29N5O2/c1-16-19(6-7-20(27-16)24(31)26-2)18-9-12-29(13-10-18)15-17-5-8-22-21(14-17)28-25(32)23-4-3-11-30(22)23/h5-9,14,23H,3-4,10-13,15H2,1-2H3,(H,26,31)(H,28,32)/t23-/m0/s1. The first-order chi connectivity index (χ1) is 15.5. The monoisotopic (exact) mass is 431 g/mol. The Morgan fingerprint density at radius 3 is 2.88 bits per heavy atom. The van der Waals surface area contributed by atoms with Gasteiger partial charge in [-0.25, -0.2) is 4.98 Å². The highest BCUT2D eigenvalue weighted by Gasteiger charge is 2.36. The van der Waals surface area contributed by atoms with E-state index in [0.29, 0.717) is 5.69 Å². The van der Waals surface area contributed by atoms with Crippen LogP contribution in [0.2, 0.25) is 0 Å². The van der Waals surface area contributed by atoms with Crippen LogP contribution < -0.4 is 15.5 Å². The summed E-state index contributed by atoms with van der Waals surface area (Å²) in [4.78, 5) is 33.4. The van der Waals surface area contributed by atoms with Crippen LogP contribution >= 0.6 is 0 Å². The quantitative estimate of drug-likeness (QED) is 0.778. The van der Waals surface area contributed by atoms with Gasteiger partial charge in [0.2, 0.25) is 5.91 Å². The van der Waals surface area contributed by atoms with Gasteiger partial charge in [0.05, 0.1) is 11.4 Å². The van der Waals surface area contributed by atoms with Gasteiger partial charge in [0.15, 0.2) is 0 Å². The maximum Gasteiger partial charge on any atom is 0.269 e. The molecule has 1 aromatic carbocycles. The van der Waals surface area contributed by atoms with Crippen LogP contribution in [-0.4, -0.2) is 54.4 Å². The minimum atomic E-state index is -0.162. The summed E-state index contributed by atoms with van der Waals surface area (Å²) in [6, 6.07) is 10.3. The maximum absolute atomic E-state index is 12.4. The van der Waals surface area contributed by atoms with Gasteiger partial charge < -0.3 is 15.5 Å². The summed E-state index contributed by atoms with van der Waals surface area (Å²) < 4.78 is 0. The normalized spacial score (nSPS) is 20.3.